The Morgan fingerprint density at radius 2 is 1.75 bits per heavy atom. The molecule has 116 valence electrons. The summed E-state index contributed by atoms with van der Waals surface area (Å²) in [5.41, 5.74) is -0.937. The van der Waals surface area contributed by atoms with Gasteiger partial charge in [-0.1, -0.05) is 0 Å². The second kappa shape index (κ2) is 5.80. The van der Waals surface area contributed by atoms with Crippen LogP contribution in [0.2, 0.25) is 0 Å². The van der Waals surface area contributed by atoms with E-state index >= 15 is 0 Å². The minimum atomic E-state index is -0.591. The molecule has 1 aliphatic heterocycles. The number of nitrogens with one attached hydrogen (secondary N) is 1. The van der Waals surface area contributed by atoms with Crippen LogP contribution in [0, 0.1) is 0 Å². The Morgan fingerprint density at radius 3 is 2.20 bits per heavy atom. The first kappa shape index (κ1) is 17.1. The van der Waals surface area contributed by atoms with Gasteiger partial charge >= 0.3 is 6.09 Å². The number of hydrogen-bond acceptors (Lipinski definition) is 3. The summed E-state index contributed by atoms with van der Waals surface area (Å²) in [5.74, 6) is -0.188. The second-order valence-corrected chi connectivity index (χ2v) is 7.84. The molecule has 0 unspecified atom stereocenters. The number of alkyl halides is 1. The van der Waals surface area contributed by atoms with E-state index in [0.29, 0.717) is 13.0 Å². The van der Waals surface area contributed by atoms with Crippen molar-refractivity contribution in [3.63, 3.8) is 0 Å². The van der Waals surface area contributed by atoms with Crippen LogP contribution in [-0.4, -0.2) is 46.0 Å². The first-order chi connectivity index (χ1) is 8.89. The van der Waals surface area contributed by atoms with Gasteiger partial charge < -0.3 is 10.1 Å². The van der Waals surface area contributed by atoms with Crippen LogP contribution < -0.4 is 5.32 Å². The lowest BCUT2D eigenvalue weighted by Gasteiger charge is -2.30. The fourth-order valence-corrected chi connectivity index (χ4v) is 2.33. The van der Waals surface area contributed by atoms with Gasteiger partial charge in [-0.15, -0.1) is 11.6 Å². The standard InChI is InChI=1S/C14H25ClN2O3/c1-13(2,3)16-11(18)10-7-9(15)8-17(10)12(19)20-14(4,5)6/h9-10H,7-8H2,1-6H3,(H,16,18)/t9-,10-/m0/s1. The number of hydrogen-bond donors (Lipinski definition) is 1. The number of carbonyl (C=O) groups excluding carboxylic acids is 2. The Labute approximate surface area is 126 Å². The van der Waals surface area contributed by atoms with Gasteiger partial charge in [0.15, 0.2) is 0 Å². The Hall–Kier alpha value is -0.970. The zero-order valence-corrected chi connectivity index (χ0v) is 13.9. The molecule has 1 fully saturated rings. The third kappa shape index (κ3) is 5.19. The summed E-state index contributed by atoms with van der Waals surface area (Å²) < 4.78 is 5.33. The molecular formula is C14H25ClN2O3. The molecule has 1 N–H and O–H groups in total. The summed E-state index contributed by atoms with van der Waals surface area (Å²) in [6, 6.07) is -0.563. The smallest absolute Gasteiger partial charge is 0.411 e. The Bertz CT molecular complexity index is 349. The van der Waals surface area contributed by atoms with Crippen molar-refractivity contribution in [3.8, 4) is 0 Å². The van der Waals surface area contributed by atoms with E-state index in [0.717, 1.165) is 0 Å². The fourth-order valence-electron chi connectivity index (χ4n) is 2.01. The second-order valence-electron chi connectivity index (χ2n) is 7.22. The molecular weight excluding hydrogens is 280 g/mol. The van der Waals surface area contributed by atoms with Crippen molar-refractivity contribution >= 4 is 23.6 Å². The zero-order chi connectivity index (χ0) is 15.7. The summed E-state index contributed by atoms with van der Waals surface area (Å²) in [6.07, 6.45) is -0.0439. The lowest BCUT2D eigenvalue weighted by molar-refractivity contribution is -0.126. The number of amides is 2. The molecule has 0 bridgehead atoms. The summed E-state index contributed by atoms with van der Waals surface area (Å²) in [5, 5.41) is 2.66. The molecule has 0 aromatic carbocycles. The van der Waals surface area contributed by atoms with Crippen molar-refractivity contribution in [2.24, 2.45) is 0 Å². The molecule has 2 atom stereocenters. The number of nitrogens with zero attached hydrogens (tertiary/aromatic N) is 1. The summed E-state index contributed by atoms with van der Waals surface area (Å²) in [6.45, 7) is 11.4. The maximum atomic E-state index is 12.3. The van der Waals surface area contributed by atoms with Gasteiger partial charge in [0, 0.05) is 12.1 Å². The average Bonchev–Trinajstić information content (AvgIpc) is 2.55. The maximum Gasteiger partial charge on any atom is 0.411 e. The van der Waals surface area contributed by atoms with E-state index in [9.17, 15) is 9.59 Å². The Morgan fingerprint density at radius 1 is 1.20 bits per heavy atom. The van der Waals surface area contributed by atoms with E-state index in [1.807, 2.05) is 20.8 Å². The van der Waals surface area contributed by atoms with E-state index in [1.54, 1.807) is 20.8 Å². The average molecular weight is 305 g/mol. The molecule has 1 saturated heterocycles. The van der Waals surface area contributed by atoms with Crippen molar-refractivity contribution < 1.29 is 14.3 Å². The summed E-state index contributed by atoms with van der Waals surface area (Å²) in [7, 11) is 0. The quantitative estimate of drug-likeness (QED) is 0.757. The van der Waals surface area contributed by atoms with E-state index in [2.05, 4.69) is 5.32 Å². The molecule has 0 spiro atoms. The van der Waals surface area contributed by atoms with Crippen LogP contribution in [0.5, 0.6) is 0 Å². The van der Waals surface area contributed by atoms with Gasteiger partial charge in [0.25, 0.3) is 0 Å². The maximum absolute atomic E-state index is 12.3. The van der Waals surface area contributed by atoms with Gasteiger partial charge in [-0.05, 0) is 48.0 Å². The van der Waals surface area contributed by atoms with Crippen LogP contribution in [0.4, 0.5) is 4.79 Å². The molecule has 20 heavy (non-hydrogen) atoms. The minimum absolute atomic E-state index is 0.188. The van der Waals surface area contributed by atoms with Gasteiger partial charge in [-0.25, -0.2) is 4.79 Å². The van der Waals surface area contributed by atoms with E-state index in [4.69, 9.17) is 16.3 Å². The van der Waals surface area contributed by atoms with Crippen LogP contribution in [0.25, 0.3) is 0 Å². The molecule has 6 heteroatoms. The minimum Gasteiger partial charge on any atom is -0.444 e. The van der Waals surface area contributed by atoms with Crippen LogP contribution in [-0.2, 0) is 9.53 Å². The van der Waals surface area contributed by atoms with E-state index < -0.39 is 17.7 Å². The predicted octanol–water partition coefficient (Wildman–Crippen LogP) is 2.52. The van der Waals surface area contributed by atoms with Crippen LogP contribution in [0.15, 0.2) is 0 Å². The molecule has 0 aliphatic carbocycles. The molecule has 1 aliphatic rings. The van der Waals surface area contributed by atoms with E-state index in [-0.39, 0.29) is 16.8 Å². The number of rotatable bonds is 1. The monoisotopic (exact) mass is 304 g/mol. The third-order valence-electron chi connectivity index (χ3n) is 2.68. The highest BCUT2D eigenvalue weighted by molar-refractivity contribution is 6.21. The molecule has 5 nitrogen and oxygen atoms in total. The van der Waals surface area contributed by atoms with Gasteiger partial charge in [0.05, 0.1) is 5.38 Å². The summed E-state index contributed by atoms with van der Waals surface area (Å²) >= 11 is 6.10. The molecule has 2 amide bonds. The van der Waals surface area contributed by atoms with Gasteiger partial charge in [-0.2, -0.15) is 0 Å². The molecule has 0 aromatic rings. The molecule has 0 saturated carbocycles. The SMILES string of the molecule is CC(C)(C)NC(=O)[C@@H]1C[C@H](Cl)CN1C(=O)OC(C)(C)C. The topological polar surface area (TPSA) is 58.6 Å². The van der Waals surface area contributed by atoms with Gasteiger partial charge in [0.2, 0.25) is 5.91 Å². The van der Waals surface area contributed by atoms with Crippen LogP contribution in [0.1, 0.15) is 48.0 Å². The Balaban J connectivity index is 2.78. The highest BCUT2D eigenvalue weighted by Crippen LogP contribution is 2.25. The van der Waals surface area contributed by atoms with Crippen molar-refractivity contribution in [1.82, 2.24) is 10.2 Å². The lowest BCUT2D eigenvalue weighted by Crippen LogP contribution is -2.52. The number of ether oxygens (including phenoxy) is 1. The lowest BCUT2D eigenvalue weighted by atomic mass is 10.1. The highest BCUT2D eigenvalue weighted by atomic mass is 35.5. The van der Waals surface area contributed by atoms with Crippen molar-refractivity contribution in [3.05, 3.63) is 0 Å². The van der Waals surface area contributed by atoms with Crippen LogP contribution >= 0.6 is 11.6 Å². The number of carbonyl (C=O) groups is 2. The molecule has 0 radical (unpaired) electrons. The number of halogens is 1. The van der Waals surface area contributed by atoms with Crippen molar-refractivity contribution in [2.45, 2.75) is 70.5 Å². The Kier molecular flexibility index (Phi) is 4.95. The molecule has 0 aromatic heterocycles. The zero-order valence-electron chi connectivity index (χ0n) is 13.1. The largest absolute Gasteiger partial charge is 0.444 e. The van der Waals surface area contributed by atoms with Gasteiger partial charge in [-0.3, -0.25) is 9.69 Å². The molecule has 1 rings (SSSR count). The van der Waals surface area contributed by atoms with Crippen molar-refractivity contribution in [1.29, 1.82) is 0 Å². The normalized spacial score (nSPS) is 23.6. The first-order valence-electron chi connectivity index (χ1n) is 6.85. The highest BCUT2D eigenvalue weighted by Gasteiger charge is 2.41. The third-order valence-corrected chi connectivity index (χ3v) is 3.00. The molecule has 1 heterocycles. The first-order valence-corrected chi connectivity index (χ1v) is 7.28. The van der Waals surface area contributed by atoms with E-state index in [1.165, 1.54) is 4.90 Å². The van der Waals surface area contributed by atoms with Gasteiger partial charge in [0.1, 0.15) is 11.6 Å². The predicted molar refractivity (Wildman–Crippen MR) is 78.9 cm³/mol. The number of likely N-dealkylation sites (tertiary alicyclic amines) is 1. The fraction of sp³-hybridized carbons (Fsp3) is 0.857. The summed E-state index contributed by atoms with van der Waals surface area (Å²) in [4.78, 5) is 25.8. The van der Waals surface area contributed by atoms with Crippen molar-refractivity contribution in [2.75, 3.05) is 6.54 Å². The van der Waals surface area contributed by atoms with Crippen LogP contribution in [0.3, 0.4) is 0 Å².